The van der Waals surface area contributed by atoms with Crippen LogP contribution in [0.2, 0.25) is 5.02 Å². The molecule has 3 aromatic carbocycles. The molecule has 0 bridgehead atoms. The molecule has 0 atom stereocenters. The summed E-state index contributed by atoms with van der Waals surface area (Å²) >= 11 is 5.99. The van der Waals surface area contributed by atoms with Crippen molar-refractivity contribution in [3.63, 3.8) is 0 Å². The Kier molecular flexibility index (Phi) is 5.58. The number of hydrogen-bond acceptors (Lipinski definition) is 4. The molecule has 0 aliphatic rings. The van der Waals surface area contributed by atoms with E-state index in [9.17, 15) is 9.59 Å². The van der Waals surface area contributed by atoms with Crippen molar-refractivity contribution in [2.75, 3.05) is 21.7 Å². The number of nitrogens with one attached hydrogen (secondary N) is 3. The molecule has 0 saturated carbocycles. The van der Waals surface area contributed by atoms with Crippen molar-refractivity contribution >= 4 is 51.9 Å². The number of carbonyl (C=O) groups excluding carboxylic acids is 2. The van der Waals surface area contributed by atoms with Crippen LogP contribution in [0.4, 0.5) is 28.4 Å². The number of nitrogen functional groups attached to an aromatic ring is 1. The molecule has 0 radical (unpaired) electrons. The summed E-state index contributed by atoms with van der Waals surface area (Å²) < 4.78 is 0. The van der Waals surface area contributed by atoms with Gasteiger partial charge in [-0.1, -0.05) is 29.8 Å². The molecule has 3 rings (SSSR count). The molecule has 0 heterocycles. The average Bonchev–Trinajstić information content (AvgIpc) is 2.66. The molecule has 0 saturated heterocycles. The molecule has 136 valence electrons. The number of anilines is 5. The third-order valence-electron chi connectivity index (χ3n) is 3.65. The molecule has 0 aliphatic carbocycles. The van der Waals surface area contributed by atoms with E-state index in [1.807, 2.05) is 30.3 Å². The van der Waals surface area contributed by atoms with E-state index < -0.39 is 11.8 Å². The highest BCUT2D eigenvalue weighted by atomic mass is 35.5. The Hall–Kier alpha value is -3.51. The second kappa shape index (κ2) is 8.25. The highest BCUT2D eigenvalue weighted by molar-refractivity contribution is 6.44. The Morgan fingerprint density at radius 2 is 1.33 bits per heavy atom. The third kappa shape index (κ3) is 4.99. The maximum absolute atomic E-state index is 12.1. The van der Waals surface area contributed by atoms with Crippen LogP contribution in [0, 0.1) is 0 Å². The van der Waals surface area contributed by atoms with Gasteiger partial charge in [-0.15, -0.1) is 0 Å². The van der Waals surface area contributed by atoms with E-state index in [-0.39, 0.29) is 5.02 Å². The van der Waals surface area contributed by atoms with Crippen LogP contribution in [0.1, 0.15) is 0 Å². The van der Waals surface area contributed by atoms with Crippen molar-refractivity contribution in [3.05, 3.63) is 77.8 Å². The van der Waals surface area contributed by atoms with Crippen LogP contribution < -0.4 is 21.7 Å². The molecule has 0 unspecified atom stereocenters. The summed E-state index contributed by atoms with van der Waals surface area (Å²) in [5, 5.41) is 8.48. The fourth-order valence-electron chi connectivity index (χ4n) is 2.32. The third-order valence-corrected chi connectivity index (χ3v) is 3.97. The molecule has 7 heteroatoms. The van der Waals surface area contributed by atoms with Crippen molar-refractivity contribution in [1.29, 1.82) is 0 Å². The predicted octanol–water partition coefficient (Wildman–Crippen LogP) is 4.24. The lowest BCUT2D eigenvalue weighted by Gasteiger charge is -2.10. The van der Waals surface area contributed by atoms with Crippen LogP contribution in [-0.4, -0.2) is 11.8 Å². The number of benzene rings is 3. The quantitative estimate of drug-likeness (QED) is 0.402. The predicted molar refractivity (Wildman–Crippen MR) is 109 cm³/mol. The minimum atomic E-state index is -0.826. The number of carbonyl (C=O) groups is 2. The van der Waals surface area contributed by atoms with Crippen LogP contribution in [0.3, 0.4) is 0 Å². The lowest BCUT2D eigenvalue weighted by Crippen LogP contribution is -2.29. The van der Waals surface area contributed by atoms with Gasteiger partial charge in [0.2, 0.25) is 0 Å². The molecule has 27 heavy (non-hydrogen) atoms. The maximum Gasteiger partial charge on any atom is 0.314 e. The topological polar surface area (TPSA) is 96.2 Å². The first-order valence-corrected chi connectivity index (χ1v) is 8.48. The van der Waals surface area contributed by atoms with Gasteiger partial charge in [0.05, 0.1) is 10.7 Å². The Labute approximate surface area is 161 Å². The number of hydrogen-bond donors (Lipinski definition) is 4. The van der Waals surface area contributed by atoms with E-state index in [0.717, 1.165) is 11.4 Å². The molecule has 0 fully saturated rings. The zero-order valence-electron chi connectivity index (χ0n) is 14.2. The Morgan fingerprint density at radius 3 is 2.00 bits per heavy atom. The Bertz CT molecular complexity index is 959. The van der Waals surface area contributed by atoms with Gasteiger partial charge in [0.25, 0.3) is 0 Å². The van der Waals surface area contributed by atoms with Gasteiger partial charge in [0.15, 0.2) is 0 Å². The number of rotatable bonds is 4. The lowest BCUT2D eigenvalue weighted by molar-refractivity contribution is -0.132. The fourth-order valence-corrected chi connectivity index (χ4v) is 2.56. The van der Waals surface area contributed by atoms with Crippen molar-refractivity contribution < 1.29 is 9.59 Å². The lowest BCUT2D eigenvalue weighted by atomic mass is 10.2. The highest BCUT2D eigenvalue weighted by Crippen LogP contribution is 2.24. The highest BCUT2D eigenvalue weighted by Gasteiger charge is 2.15. The summed E-state index contributed by atoms with van der Waals surface area (Å²) in [6.45, 7) is 0. The van der Waals surface area contributed by atoms with Crippen LogP contribution in [-0.2, 0) is 9.59 Å². The molecule has 5 N–H and O–H groups in total. The van der Waals surface area contributed by atoms with Gasteiger partial charge >= 0.3 is 11.8 Å². The summed E-state index contributed by atoms with van der Waals surface area (Å²) in [4.78, 5) is 24.1. The molecule has 6 nitrogen and oxygen atoms in total. The first-order chi connectivity index (χ1) is 13.0. The average molecular weight is 381 g/mol. The zero-order chi connectivity index (χ0) is 19.2. The van der Waals surface area contributed by atoms with Gasteiger partial charge in [0, 0.05) is 22.7 Å². The van der Waals surface area contributed by atoms with Crippen molar-refractivity contribution in [1.82, 2.24) is 0 Å². The van der Waals surface area contributed by atoms with Gasteiger partial charge < -0.3 is 21.7 Å². The zero-order valence-corrected chi connectivity index (χ0v) is 15.0. The van der Waals surface area contributed by atoms with Gasteiger partial charge in [-0.05, 0) is 54.6 Å². The summed E-state index contributed by atoms with van der Waals surface area (Å²) in [6.07, 6.45) is 0. The summed E-state index contributed by atoms with van der Waals surface area (Å²) in [6, 6.07) is 21.3. The number of amides is 2. The van der Waals surface area contributed by atoms with Crippen LogP contribution >= 0.6 is 11.6 Å². The van der Waals surface area contributed by atoms with E-state index in [2.05, 4.69) is 16.0 Å². The van der Waals surface area contributed by atoms with Crippen LogP contribution in [0.5, 0.6) is 0 Å². The number of nitrogens with two attached hydrogens (primary N) is 1. The summed E-state index contributed by atoms with van der Waals surface area (Å²) in [5.74, 6) is -1.63. The molecule has 2 amide bonds. The van der Waals surface area contributed by atoms with Gasteiger partial charge in [-0.2, -0.15) is 0 Å². The molecule has 0 aromatic heterocycles. The monoisotopic (exact) mass is 380 g/mol. The maximum atomic E-state index is 12.1. The van der Waals surface area contributed by atoms with Crippen LogP contribution in [0.15, 0.2) is 72.8 Å². The Morgan fingerprint density at radius 1 is 0.741 bits per heavy atom. The van der Waals surface area contributed by atoms with Crippen LogP contribution in [0.25, 0.3) is 0 Å². The molecular weight excluding hydrogens is 364 g/mol. The van der Waals surface area contributed by atoms with E-state index in [1.165, 1.54) is 12.1 Å². The second-order valence-electron chi connectivity index (χ2n) is 5.72. The fraction of sp³-hybridized carbons (Fsp3) is 0. The summed E-state index contributed by atoms with van der Waals surface area (Å²) in [5.41, 5.74) is 8.69. The standard InChI is InChI=1S/C20H17ClN4O2/c21-17-12-13(22)6-11-18(17)25-20(27)19(26)24-16-9-7-15(8-10-16)23-14-4-2-1-3-5-14/h1-12,23H,22H2,(H,24,26)(H,25,27). The minimum absolute atomic E-state index is 0.257. The smallest absolute Gasteiger partial charge is 0.314 e. The first kappa shape index (κ1) is 18.3. The van der Waals surface area contributed by atoms with Gasteiger partial charge in [-0.25, -0.2) is 0 Å². The normalized spacial score (nSPS) is 10.1. The molecule has 0 aliphatic heterocycles. The minimum Gasteiger partial charge on any atom is -0.399 e. The van der Waals surface area contributed by atoms with E-state index in [1.54, 1.807) is 30.3 Å². The van der Waals surface area contributed by atoms with E-state index in [0.29, 0.717) is 17.1 Å². The number of para-hydroxylation sites is 1. The van der Waals surface area contributed by atoms with Crippen molar-refractivity contribution in [2.24, 2.45) is 0 Å². The first-order valence-electron chi connectivity index (χ1n) is 8.11. The van der Waals surface area contributed by atoms with E-state index >= 15 is 0 Å². The Balaban J connectivity index is 1.59. The molecule has 0 spiro atoms. The SMILES string of the molecule is Nc1ccc(NC(=O)C(=O)Nc2ccc(Nc3ccccc3)cc2)c(Cl)c1. The largest absolute Gasteiger partial charge is 0.399 e. The van der Waals surface area contributed by atoms with E-state index in [4.69, 9.17) is 17.3 Å². The number of halogens is 1. The van der Waals surface area contributed by atoms with Gasteiger partial charge in [0.1, 0.15) is 0 Å². The second-order valence-corrected chi connectivity index (χ2v) is 6.12. The van der Waals surface area contributed by atoms with Crippen molar-refractivity contribution in [3.8, 4) is 0 Å². The molecular formula is C20H17ClN4O2. The summed E-state index contributed by atoms with van der Waals surface area (Å²) in [7, 11) is 0. The van der Waals surface area contributed by atoms with Gasteiger partial charge in [-0.3, -0.25) is 9.59 Å². The molecule has 3 aromatic rings. The van der Waals surface area contributed by atoms with Crippen molar-refractivity contribution in [2.45, 2.75) is 0 Å².